The number of anilines is 2. The first-order chi connectivity index (χ1) is 18.3. The van der Waals surface area contributed by atoms with E-state index in [4.69, 9.17) is 16.2 Å². The van der Waals surface area contributed by atoms with E-state index in [1.54, 1.807) is 36.4 Å². The Balaban J connectivity index is 1.82. The van der Waals surface area contributed by atoms with Gasteiger partial charge in [-0.25, -0.2) is 0 Å². The molecule has 11 heteroatoms. The van der Waals surface area contributed by atoms with Crippen LogP contribution in [0.1, 0.15) is 37.3 Å². The van der Waals surface area contributed by atoms with E-state index in [0.717, 1.165) is 5.56 Å². The van der Waals surface area contributed by atoms with Gasteiger partial charge in [0.05, 0.1) is 12.8 Å². The molecule has 0 fully saturated rings. The third-order valence-corrected chi connectivity index (χ3v) is 6.60. The molecule has 3 amide bonds. The lowest BCUT2D eigenvalue weighted by molar-refractivity contribution is -0.122. The molecule has 6 N–H and O–H groups in total. The van der Waals surface area contributed by atoms with Crippen LogP contribution in [0.4, 0.5) is 11.4 Å². The van der Waals surface area contributed by atoms with Crippen LogP contribution in [0, 0.1) is 0 Å². The van der Waals surface area contributed by atoms with Gasteiger partial charge in [0.15, 0.2) is 5.69 Å². The fourth-order valence-corrected chi connectivity index (χ4v) is 4.56. The Morgan fingerprint density at radius 3 is 2.26 bits per heavy atom. The zero-order valence-corrected chi connectivity index (χ0v) is 21.1. The molecule has 0 aliphatic rings. The molecule has 194 valence electrons. The number of nitrogens with zero attached hydrogens (tertiary/aromatic N) is 2. The summed E-state index contributed by atoms with van der Waals surface area (Å²) >= 11 is 0.717. The van der Waals surface area contributed by atoms with Crippen LogP contribution in [-0.2, 0) is 11.3 Å². The van der Waals surface area contributed by atoms with E-state index in [2.05, 4.69) is 9.69 Å². The number of nitrogen functional groups attached to an aromatic ring is 1. The van der Waals surface area contributed by atoms with Crippen LogP contribution in [0.25, 0.3) is 0 Å². The number of rotatable bonds is 9. The number of hydrogen-bond donors (Lipinski definition) is 4. The largest absolute Gasteiger partial charge is 0.508 e. The van der Waals surface area contributed by atoms with Crippen molar-refractivity contribution >= 4 is 40.6 Å². The third-order valence-electron chi connectivity index (χ3n) is 5.75. The topological polar surface area (TPSA) is 161 Å². The molecule has 0 saturated carbocycles. The standard InChI is InChI=1S/C27H25N5O5S/c1-37-20-13-9-18(10-14-20)32(27(36)24-21(28)22(25(29)34)31-38-24)23(17-7-11-19(33)12-8-17)26(35)30-15-16-5-3-2-4-6-16/h2-14,23,33H,15,28H2,1H3,(H2,29,34)(H,30,35)/t23-/m1/s1. The van der Waals surface area contributed by atoms with Crippen molar-refractivity contribution in [1.29, 1.82) is 0 Å². The number of ether oxygens (including phenoxy) is 1. The summed E-state index contributed by atoms with van der Waals surface area (Å²) in [7, 11) is 1.51. The first kappa shape index (κ1) is 26.2. The molecule has 38 heavy (non-hydrogen) atoms. The fraction of sp³-hybridized carbons (Fsp3) is 0.111. The molecule has 0 aliphatic carbocycles. The number of phenolic OH excluding ortho intramolecular Hbond substituents is 1. The van der Waals surface area contributed by atoms with E-state index < -0.39 is 23.8 Å². The third kappa shape index (κ3) is 5.57. The molecule has 1 aromatic heterocycles. The van der Waals surface area contributed by atoms with E-state index in [-0.39, 0.29) is 28.6 Å². The highest BCUT2D eigenvalue weighted by Crippen LogP contribution is 2.34. The summed E-state index contributed by atoms with van der Waals surface area (Å²) in [5.74, 6) is -1.47. The predicted molar refractivity (Wildman–Crippen MR) is 144 cm³/mol. The van der Waals surface area contributed by atoms with Crippen molar-refractivity contribution in [3.05, 3.63) is 101 Å². The monoisotopic (exact) mass is 531 g/mol. The Morgan fingerprint density at radius 1 is 1.03 bits per heavy atom. The maximum Gasteiger partial charge on any atom is 0.273 e. The molecule has 0 bridgehead atoms. The predicted octanol–water partition coefficient (Wildman–Crippen LogP) is 3.24. The number of aromatic nitrogens is 1. The summed E-state index contributed by atoms with van der Waals surface area (Å²) in [6, 6.07) is 20.6. The molecular weight excluding hydrogens is 506 g/mol. The van der Waals surface area contributed by atoms with Crippen molar-refractivity contribution in [2.24, 2.45) is 5.73 Å². The van der Waals surface area contributed by atoms with E-state index in [1.807, 2.05) is 30.3 Å². The Hall–Kier alpha value is -4.90. The number of aromatic hydroxyl groups is 1. The second-order valence-corrected chi connectivity index (χ2v) is 8.98. The molecule has 0 radical (unpaired) electrons. The summed E-state index contributed by atoms with van der Waals surface area (Å²) in [5.41, 5.74) is 12.7. The van der Waals surface area contributed by atoms with Crippen LogP contribution in [0.5, 0.6) is 11.5 Å². The lowest BCUT2D eigenvalue weighted by atomic mass is 10.0. The highest BCUT2D eigenvalue weighted by atomic mass is 32.1. The Kier molecular flexibility index (Phi) is 7.88. The second-order valence-electron chi connectivity index (χ2n) is 8.21. The van der Waals surface area contributed by atoms with Gasteiger partial charge >= 0.3 is 0 Å². The number of carbonyl (C=O) groups is 3. The fourth-order valence-electron chi connectivity index (χ4n) is 3.82. The van der Waals surface area contributed by atoms with Gasteiger partial charge in [-0.3, -0.25) is 19.3 Å². The van der Waals surface area contributed by atoms with Crippen LogP contribution < -0.4 is 26.4 Å². The number of benzene rings is 3. The highest BCUT2D eigenvalue weighted by molar-refractivity contribution is 7.09. The van der Waals surface area contributed by atoms with Crippen LogP contribution in [-0.4, -0.2) is 34.3 Å². The van der Waals surface area contributed by atoms with Gasteiger partial charge in [0.2, 0.25) is 5.91 Å². The van der Waals surface area contributed by atoms with Gasteiger partial charge in [-0.05, 0) is 59.1 Å². The number of primary amides is 1. The van der Waals surface area contributed by atoms with Gasteiger partial charge in [-0.15, -0.1) is 0 Å². The first-order valence-corrected chi connectivity index (χ1v) is 12.2. The lowest BCUT2D eigenvalue weighted by Crippen LogP contribution is -2.44. The van der Waals surface area contributed by atoms with Crippen molar-refractivity contribution in [1.82, 2.24) is 9.69 Å². The minimum atomic E-state index is -1.18. The summed E-state index contributed by atoms with van der Waals surface area (Å²) in [4.78, 5) is 40.7. The van der Waals surface area contributed by atoms with Crippen molar-refractivity contribution in [3.63, 3.8) is 0 Å². The molecule has 4 aromatic rings. The number of nitrogens with two attached hydrogens (primary N) is 2. The smallest absolute Gasteiger partial charge is 0.273 e. The molecule has 0 unspecified atom stereocenters. The Labute approximate surface area is 222 Å². The zero-order chi connectivity index (χ0) is 27.2. The lowest BCUT2D eigenvalue weighted by Gasteiger charge is -2.31. The van der Waals surface area contributed by atoms with Crippen molar-refractivity contribution < 1.29 is 24.2 Å². The molecule has 1 heterocycles. The molecular formula is C27H25N5O5S. The quantitative estimate of drug-likeness (QED) is 0.258. The summed E-state index contributed by atoms with van der Waals surface area (Å²) in [6.07, 6.45) is 0. The zero-order valence-electron chi connectivity index (χ0n) is 20.3. The van der Waals surface area contributed by atoms with Crippen molar-refractivity contribution in [2.75, 3.05) is 17.7 Å². The Morgan fingerprint density at radius 2 is 1.68 bits per heavy atom. The summed E-state index contributed by atoms with van der Waals surface area (Å²) < 4.78 is 9.19. The number of methoxy groups -OCH3 is 1. The number of nitrogens with one attached hydrogen (secondary N) is 1. The van der Waals surface area contributed by atoms with Gasteiger partial charge in [0.1, 0.15) is 22.4 Å². The van der Waals surface area contributed by atoms with E-state index in [1.165, 1.54) is 24.1 Å². The maximum atomic E-state index is 14.0. The summed E-state index contributed by atoms with van der Waals surface area (Å²) in [6.45, 7) is 0.216. The van der Waals surface area contributed by atoms with Gasteiger partial charge in [-0.2, -0.15) is 4.37 Å². The second kappa shape index (κ2) is 11.4. The minimum Gasteiger partial charge on any atom is -0.508 e. The Bertz CT molecular complexity index is 1440. The van der Waals surface area contributed by atoms with Gasteiger partial charge < -0.3 is 26.6 Å². The molecule has 4 rings (SSSR count). The minimum absolute atomic E-state index is 0.00248. The number of hydrogen-bond acceptors (Lipinski definition) is 8. The van der Waals surface area contributed by atoms with Crippen molar-refractivity contribution in [3.8, 4) is 11.5 Å². The van der Waals surface area contributed by atoms with Crippen LogP contribution in [0.15, 0.2) is 78.9 Å². The van der Waals surface area contributed by atoms with E-state index >= 15 is 0 Å². The van der Waals surface area contributed by atoms with Gasteiger partial charge in [0, 0.05) is 12.2 Å². The van der Waals surface area contributed by atoms with Gasteiger partial charge in [-0.1, -0.05) is 42.5 Å². The molecule has 0 saturated heterocycles. The normalized spacial score (nSPS) is 11.4. The SMILES string of the molecule is COc1ccc(N(C(=O)c2snc(C(N)=O)c2N)[C@@H](C(=O)NCc2ccccc2)c2ccc(O)cc2)cc1. The first-order valence-electron chi connectivity index (χ1n) is 11.4. The number of carbonyl (C=O) groups excluding carboxylic acids is 3. The average molecular weight is 532 g/mol. The van der Waals surface area contributed by atoms with Crippen LogP contribution >= 0.6 is 11.5 Å². The van der Waals surface area contributed by atoms with Crippen LogP contribution in [0.2, 0.25) is 0 Å². The van der Waals surface area contributed by atoms with E-state index in [9.17, 15) is 19.5 Å². The summed E-state index contributed by atoms with van der Waals surface area (Å²) in [5, 5.41) is 12.8. The number of amides is 3. The molecule has 3 aromatic carbocycles. The molecule has 10 nitrogen and oxygen atoms in total. The van der Waals surface area contributed by atoms with Crippen LogP contribution in [0.3, 0.4) is 0 Å². The van der Waals surface area contributed by atoms with Crippen molar-refractivity contribution in [2.45, 2.75) is 12.6 Å². The number of phenols is 1. The molecule has 1 atom stereocenters. The average Bonchev–Trinajstić information content (AvgIpc) is 3.33. The highest BCUT2D eigenvalue weighted by Gasteiger charge is 2.36. The maximum absolute atomic E-state index is 14.0. The molecule has 0 spiro atoms. The van der Waals surface area contributed by atoms with Gasteiger partial charge in [0.25, 0.3) is 11.8 Å². The molecule has 0 aliphatic heterocycles. The van der Waals surface area contributed by atoms with E-state index in [0.29, 0.717) is 28.5 Å².